The summed E-state index contributed by atoms with van der Waals surface area (Å²) in [5.74, 6) is -0.0207. The molecule has 0 aromatic heterocycles. The van der Waals surface area contributed by atoms with E-state index in [2.05, 4.69) is 39.8 Å². The lowest BCUT2D eigenvalue weighted by atomic mass is 10.0. The minimum absolute atomic E-state index is 0.0207. The third kappa shape index (κ3) is 5.79. The van der Waals surface area contributed by atoms with E-state index < -0.39 is 4.92 Å². The standard InChI is InChI=1S/C21H26N4O3/c26-21(10-13-22-19-8-4-5-9-20(19)25(27)28)23-18-11-14-24(15-12-18)16-17-6-2-1-3-7-17/h1-9,18,22H,10-16H2,(H,23,26). The van der Waals surface area contributed by atoms with Crippen molar-refractivity contribution in [3.8, 4) is 0 Å². The van der Waals surface area contributed by atoms with Crippen molar-refractivity contribution in [2.24, 2.45) is 0 Å². The van der Waals surface area contributed by atoms with Crippen molar-refractivity contribution in [1.29, 1.82) is 0 Å². The van der Waals surface area contributed by atoms with Gasteiger partial charge in [0.15, 0.2) is 0 Å². The maximum absolute atomic E-state index is 12.2. The second kappa shape index (κ2) is 9.85. The fraction of sp³-hybridized carbons (Fsp3) is 0.381. The first-order valence-electron chi connectivity index (χ1n) is 9.65. The zero-order chi connectivity index (χ0) is 19.8. The number of benzene rings is 2. The third-order valence-electron chi connectivity index (χ3n) is 4.97. The molecule has 0 atom stereocenters. The average Bonchev–Trinajstić information content (AvgIpc) is 2.70. The van der Waals surface area contributed by atoms with E-state index in [1.54, 1.807) is 18.2 Å². The quantitative estimate of drug-likeness (QED) is 0.541. The number of amides is 1. The molecular formula is C21H26N4O3. The van der Waals surface area contributed by atoms with Gasteiger partial charge in [-0.05, 0) is 24.5 Å². The summed E-state index contributed by atoms with van der Waals surface area (Å²) in [5.41, 5.74) is 1.77. The molecule has 0 aliphatic carbocycles. The Bertz CT molecular complexity index is 789. The molecule has 0 unspecified atom stereocenters. The highest BCUT2D eigenvalue weighted by Crippen LogP contribution is 2.22. The lowest BCUT2D eigenvalue weighted by molar-refractivity contribution is -0.384. The molecule has 2 N–H and O–H groups in total. The first-order chi connectivity index (χ1) is 13.6. The maximum atomic E-state index is 12.2. The first kappa shape index (κ1) is 19.8. The largest absolute Gasteiger partial charge is 0.379 e. The highest BCUT2D eigenvalue weighted by Gasteiger charge is 2.20. The number of anilines is 1. The number of hydrogen-bond donors (Lipinski definition) is 2. The first-order valence-corrected chi connectivity index (χ1v) is 9.65. The van der Waals surface area contributed by atoms with Gasteiger partial charge >= 0.3 is 0 Å². The van der Waals surface area contributed by atoms with E-state index in [4.69, 9.17) is 0 Å². The number of nitro benzene ring substituents is 1. The number of nitrogens with zero attached hydrogens (tertiary/aromatic N) is 2. The van der Waals surface area contributed by atoms with E-state index in [0.29, 0.717) is 12.2 Å². The van der Waals surface area contributed by atoms with Crippen molar-refractivity contribution < 1.29 is 9.72 Å². The minimum atomic E-state index is -0.425. The van der Waals surface area contributed by atoms with Crippen LogP contribution in [0.15, 0.2) is 54.6 Å². The van der Waals surface area contributed by atoms with Crippen LogP contribution in [-0.2, 0) is 11.3 Å². The van der Waals surface area contributed by atoms with Crippen molar-refractivity contribution in [3.05, 3.63) is 70.3 Å². The number of piperidine rings is 1. The maximum Gasteiger partial charge on any atom is 0.292 e. The minimum Gasteiger partial charge on any atom is -0.379 e. The highest BCUT2D eigenvalue weighted by atomic mass is 16.6. The van der Waals surface area contributed by atoms with Gasteiger partial charge in [-0.2, -0.15) is 0 Å². The summed E-state index contributed by atoms with van der Waals surface area (Å²) in [6, 6.07) is 17.1. The van der Waals surface area contributed by atoms with E-state index in [-0.39, 0.29) is 24.1 Å². The van der Waals surface area contributed by atoms with Crippen LogP contribution in [0.4, 0.5) is 11.4 Å². The average molecular weight is 382 g/mol. The molecule has 1 heterocycles. The Morgan fingerprint density at radius 1 is 1.07 bits per heavy atom. The smallest absolute Gasteiger partial charge is 0.292 e. The van der Waals surface area contributed by atoms with Crippen LogP contribution in [0.1, 0.15) is 24.8 Å². The molecule has 7 heteroatoms. The van der Waals surface area contributed by atoms with Crippen LogP contribution >= 0.6 is 0 Å². The highest BCUT2D eigenvalue weighted by molar-refractivity contribution is 5.77. The van der Waals surface area contributed by atoms with Gasteiger partial charge in [-0.25, -0.2) is 0 Å². The second-order valence-electron chi connectivity index (χ2n) is 7.05. The van der Waals surface area contributed by atoms with Gasteiger partial charge < -0.3 is 10.6 Å². The second-order valence-corrected chi connectivity index (χ2v) is 7.05. The SMILES string of the molecule is O=C(CCNc1ccccc1[N+](=O)[O-])NC1CCN(Cc2ccccc2)CC1. The van der Waals surface area contributed by atoms with Crippen molar-refractivity contribution in [3.63, 3.8) is 0 Å². The summed E-state index contributed by atoms with van der Waals surface area (Å²) in [4.78, 5) is 25.2. The molecule has 28 heavy (non-hydrogen) atoms. The number of nitro groups is 1. The van der Waals surface area contributed by atoms with E-state index in [9.17, 15) is 14.9 Å². The lowest BCUT2D eigenvalue weighted by Crippen LogP contribution is -2.44. The third-order valence-corrected chi connectivity index (χ3v) is 4.97. The van der Waals surface area contributed by atoms with Crippen LogP contribution in [0.3, 0.4) is 0 Å². The van der Waals surface area contributed by atoms with Crippen LogP contribution in [0.2, 0.25) is 0 Å². The molecule has 0 spiro atoms. The zero-order valence-corrected chi connectivity index (χ0v) is 15.8. The van der Waals surface area contributed by atoms with Crippen molar-refractivity contribution in [2.75, 3.05) is 25.0 Å². The van der Waals surface area contributed by atoms with Crippen LogP contribution in [0, 0.1) is 10.1 Å². The summed E-state index contributed by atoms with van der Waals surface area (Å²) >= 11 is 0. The van der Waals surface area contributed by atoms with E-state index in [0.717, 1.165) is 32.5 Å². The summed E-state index contributed by atoms with van der Waals surface area (Å²) in [5, 5.41) is 17.1. The molecule has 1 amide bonds. The number of carbonyl (C=O) groups excluding carboxylic acids is 1. The molecule has 1 fully saturated rings. The van der Waals surface area contributed by atoms with Gasteiger partial charge in [-0.3, -0.25) is 19.8 Å². The van der Waals surface area contributed by atoms with Gasteiger partial charge in [0.25, 0.3) is 5.69 Å². The molecule has 2 aromatic carbocycles. The van der Waals surface area contributed by atoms with Gasteiger partial charge in [-0.15, -0.1) is 0 Å². The predicted octanol–water partition coefficient (Wildman–Crippen LogP) is 3.18. The molecule has 3 rings (SSSR count). The Balaban J connectivity index is 1.36. The molecule has 0 saturated carbocycles. The van der Waals surface area contributed by atoms with Crippen LogP contribution in [0.25, 0.3) is 0 Å². The van der Waals surface area contributed by atoms with Crippen molar-refractivity contribution in [1.82, 2.24) is 10.2 Å². The summed E-state index contributed by atoms with van der Waals surface area (Å²) in [6.45, 7) is 3.24. The molecule has 7 nitrogen and oxygen atoms in total. The summed E-state index contributed by atoms with van der Waals surface area (Å²) < 4.78 is 0. The van der Waals surface area contributed by atoms with Crippen molar-refractivity contribution >= 4 is 17.3 Å². The van der Waals surface area contributed by atoms with E-state index >= 15 is 0 Å². The van der Waals surface area contributed by atoms with Crippen molar-refractivity contribution in [2.45, 2.75) is 31.8 Å². The number of para-hydroxylation sites is 2. The fourth-order valence-electron chi connectivity index (χ4n) is 3.47. The molecule has 0 radical (unpaired) electrons. The fourth-order valence-corrected chi connectivity index (χ4v) is 3.47. The van der Waals surface area contributed by atoms with Crippen LogP contribution in [0.5, 0.6) is 0 Å². The molecule has 1 aliphatic heterocycles. The molecule has 1 aliphatic rings. The number of nitrogens with one attached hydrogen (secondary N) is 2. The normalized spacial score (nSPS) is 15.1. The van der Waals surface area contributed by atoms with Gasteiger partial charge in [0, 0.05) is 44.7 Å². The molecule has 1 saturated heterocycles. The van der Waals surface area contributed by atoms with Gasteiger partial charge in [0.05, 0.1) is 4.92 Å². The molecule has 2 aromatic rings. The summed E-state index contributed by atoms with van der Waals surface area (Å²) in [6.07, 6.45) is 2.17. The number of likely N-dealkylation sites (tertiary alicyclic amines) is 1. The van der Waals surface area contributed by atoms with E-state index in [1.165, 1.54) is 11.6 Å². The molecule has 0 bridgehead atoms. The zero-order valence-electron chi connectivity index (χ0n) is 15.8. The van der Waals surface area contributed by atoms with Crippen LogP contribution < -0.4 is 10.6 Å². The number of hydrogen-bond acceptors (Lipinski definition) is 5. The van der Waals surface area contributed by atoms with Gasteiger partial charge in [0.2, 0.25) is 5.91 Å². The Morgan fingerprint density at radius 2 is 1.75 bits per heavy atom. The Kier molecular flexibility index (Phi) is 6.97. The van der Waals surface area contributed by atoms with E-state index in [1.807, 2.05) is 6.07 Å². The van der Waals surface area contributed by atoms with Gasteiger partial charge in [0.1, 0.15) is 5.69 Å². The number of carbonyl (C=O) groups is 1. The van der Waals surface area contributed by atoms with Gasteiger partial charge in [-0.1, -0.05) is 42.5 Å². The summed E-state index contributed by atoms with van der Waals surface area (Å²) in [7, 11) is 0. The Labute approximate surface area is 164 Å². The molecule has 148 valence electrons. The lowest BCUT2D eigenvalue weighted by Gasteiger charge is -2.32. The topological polar surface area (TPSA) is 87.5 Å². The number of rotatable bonds is 8. The Hall–Kier alpha value is -2.93. The van der Waals surface area contributed by atoms with Crippen LogP contribution in [-0.4, -0.2) is 41.4 Å². The molecular weight excluding hydrogens is 356 g/mol. The Morgan fingerprint density at radius 3 is 2.46 bits per heavy atom. The predicted molar refractivity (Wildman–Crippen MR) is 109 cm³/mol. The monoisotopic (exact) mass is 382 g/mol.